The van der Waals surface area contributed by atoms with Gasteiger partial charge in [0.05, 0.1) is 4.90 Å². The van der Waals surface area contributed by atoms with Gasteiger partial charge in [0.15, 0.2) is 5.78 Å². The van der Waals surface area contributed by atoms with E-state index in [1.54, 1.807) is 0 Å². The number of ketones is 1. The zero-order valence-electron chi connectivity index (χ0n) is 11.4. The summed E-state index contributed by atoms with van der Waals surface area (Å²) in [5, 5.41) is 9.19. The highest BCUT2D eigenvalue weighted by molar-refractivity contribution is 7.99. The number of carboxylic acid groups (broad SMARTS) is 1. The normalized spacial score (nSPS) is 20.1. The Morgan fingerprint density at radius 1 is 1.38 bits per heavy atom. The van der Waals surface area contributed by atoms with E-state index in [9.17, 15) is 23.1 Å². The Morgan fingerprint density at radius 2 is 2.10 bits per heavy atom. The number of Topliss-reactive ketones (excluding diaryl/α,β-unsaturated/α-hetero) is 1. The molecule has 6 nitrogen and oxygen atoms in total. The van der Waals surface area contributed by atoms with Crippen molar-refractivity contribution in [3.05, 3.63) is 29.8 Å². The Bertz CT molecular complexity index is 671. The standard InChI is InChI=1S/C13H15NO5S2/c1-9(15)10-3-2-4-11(7-10)21(18,19)14-5-6-20-8-12(14)13(16)17/h2-4,7,12H,5-6,8H2,1H3,(H,16,17). The van der Waals surface area contributed by atoms with E-state index in [0.29, 0.717) is 5.75 Å². The lowest BCUT2D eigenvalue weighted by molar-refractivity contribution is -0.140. The minimum absolute atomic E-state index is 0.0478. The third-order valence-electron chi connectivity index (χ3n) is 3.21. The average Bonchev–Trinajstić information content (AvgIpc) is 2.47. The van der Waals surface area contributed by atoms with E-state index in [4.69, 9.17) is 0 Å². The van der Waals surface area contributed by atoms with Gasteiger partial charge in [-0.25, -0.2) is 8.42 Å². The van der Waals surface area contributed by atoms with Gasteiger partial charge >= 0.3 is 5.97 Å². The second kappa shape index (κ2) is 6.17. The van der Waals surface area contributed by atoms with Crippen LogP contribution in [0.1, 0.15) is 17.3 Å². The van der Waals surface area contributed by atoms with E-state index in [1.165, 1.54) is 43.0 Å². The molecule has 2 rings (SSSR count). The summed E-state index contributed by atoms with van der Waals surface area (Å²) in [5.41, 5.74) is 0.286. The van der Waals surface area contributed by atoms with Crippen LogP contribution in [0, 0.1) is 0 Å². The molecule has 1 unspecified atom stereocenters. The number of benzene rings is 1. The molecule has 0 aromatic heterocycles. The van der Waals surface area contributed by atoms with Gasteiger partial charge in [-0.1, -0.05) is 12.1 Å². The van der Waals surface area contributed by atoms with Gasteiger partial charge in [0.25, 0.3) is 0 Å². The molecule has 1 aliphatic rings. The summed E-state index contributed by atoms with van der Waals surface area (Å²) in [6.07, 6.45) is 0. The second-order valence-corrected chi connectivity index (χ2v) is 7.67. The predicted octanol–water partition coefficient (Wildman–Crippen LogP) is 1.08. The number of nitrogens with zero attached hydrogens (tertiary/aromatic N) is 1. The monoisotopic (exact) mass is 329 g/mol. The molecular formula is C13H15NO5S2. The van der Waals surface area contributed by atoms with Crippen molar-refractivity contribution in [2.45, 2.75) is 17.9 Å². The zero-order chi connectivity index (χ0) is 15.6. The lowest BCUT2D eigenvalue weighted by Crippen LogP contribution is -2.50. The fraction of sp³-hybridized carbons (Fsp3) is 0.385. The van der Waals surface area contributed by atoms with Crippen LogP contribution in [-0.4, -0.2) is 53.7 Å². The van der Waals surface area contributed by atoms with Crippen LogP contribution in [0.5, 0.6) is 0 Å². The summed E-state index contributed by atoms with van der Waals surface area (Å²) >= 11 is 1.41. The van der Waals surface area contributed by atoms with Crippen molar-refractivity contribution in [2.75, 3.05) is 18.1 Å². The molecule has 1 aromatic rings. The fourth-order valence-corrected chi connectivity index (χ4v) is 4.96. The van der Waals surface area contributed by atoms with Crippen LogP contribution < -0.4 is 0 Å². The number of hydrogen-bond donors (Lipinski definition) is 1. The Kier molecular flexibility index (Phi) is 4.70. The Labute approximate surface area is 127 Å². The minimum atomic E-state index is -3.93. The number of rotatable bonds is 4. The molecule has 1 aromatic carbocycles. The number of thioether (sulfide) groups is 1. The van der Waals surface area contributed by atoms with Gasteiger partial charge in [-0.05, 0) is 19.1 Å². The number of carbonyl (C=O) groups is 2. The highest BCUT2D eigenvalue weighted by Gasteiger charge is 2.38. The number of aliphatic carboxylic acids is 1. The summed E-state index contributed by atoms with van der Waals surface area (Å²) in [5.74, 6) is -0.624. The van der Waals surface area contributed by atoms with E-state index in [0.717, 1.165) is 4.31 Å². The summed E-state index contributed by atoms with van der Waals surface area (Å²) in [4.78, 5) is 22.6. The fourth-order valence-electron chi connectivity index (χ4n) is 2.08. The quantitative estimate of drug-likeness (QED) is 0.831. The molecule has 1 atom stereocenters. The summed E-state index contributed by atoms with van der Waals surface area (Å²) < 4.78 is 26.2. The van der Waals surface area contributed by atoms with Crippen molar-refractivity contribution < 1.29 is 23.1 Å². The predicted molar refractivity (Wildman–Crippen MR) is 79.1 cm³/mol. The first-order valence-corrected chi connectivity index (χ1v) is 8.87. The van der Waals surface area contributed by atoms with Crippen LogP contribution in [0.15, 0.2) is 29.2 Å². The van der Waals surface area contributed by atoms with Gasteiger partial charge in [-0.15, -0.1) is 0 Å². The number of carbonyl (C=O) groups excluding carboxylic acids is 1. The molecule has 1 aliphatic heterocycles. The molecule has 0 saturated carbocycles. The molecule has 114 valence electrons. The van der Waals surface area contributed by atoms with Gasteiger partial charge in [0.2, 0.25) is 10.0 Å². The molecule has 0 amide bonds. The molecule has 21 heavy (non-hydrogen) atoms. The first-order chi connectivity index (χ1) is 9.84. The van der Waals surface area contributed by atoms with Crippen molar-refractivity contribution in [1.82, 2.24) is 4.31 Å². The molecule has 0 radical (unpaired) electrons. The summed E-state index contributed by atoms with van der Waals surface area (Å²) in [6.45, 7) is 1.50. The summed E-state index contributed by atoms with van der Waals surface area (Å²) in [6, 6.07) is 4.61. The average molecular weight is 329 g/mol. The van der Waals surface area contributed by atoms with Gasteiger partial charge in [-0.3, -0.25) is 9.59 Å². The molecule has 1 heterocycles. The second-order valence-electron chi connectivity index (χ2n) is 4.63. The number of hydrogen-bond acceptors (Lipinski definition) is 5. The lowest BCUT2D eigenvalue weighted by Gasteiger charge is -2.31. The van der Waals surface area contributed by atoms with Crippen LogP contribution in [-0.2, 0) is 14.8 Å². The van der Waals surface area contributed by atoms with E-state index in [-0.39, 0.29) is 28.5 Å². The molecule has 0 bridgehead atoms. The van der Waals surface area contributed by atoms with E-state index in [1.807, 2.05) is 0 Å². The SMILES string of the molecule is CC(=O)c1cccc(S(=O)(=O)N2CCSCC2C(=O)O)c1. The molecule has 1 fully saturated rings. The maximum absolute atomic E-state index is 12.6. The van der Waals surface area contributed by atoms with Crippen LogP contribution in [0.2, 0.25) is 0 Å². The molecule has 1 saturated heterocycles. The van der Waals surface area contributed by atoms with Crippen molar-refractivity contribution >= 4 is 33.5 Å². The maximum atomic E-state index is 12.6. The summed E-state index contributed by atoms with van der Waals surface area (Å²) in [7, 11) is -3.93. The highest BCUT2D eigenvalue weighted by Crippen LogP contribution is 2.25. The van der Waals surface area contributed by atoms with Crippen LogP contribution in [0.3, 0.4) is 0 Å². The zero-order valence-corrected chi connectivity index (χ0v) is 13.0. The highest BCUT2D eigenvalue weighted by atomic mass is 32.2. The van der Waals surface area contributed by atoms with Crippen molar-refractivity contribution in [2.24, 2.45) is 0 Å². The molecule has 0 spiro atoms. The largest absolute Gasteiger partial charge is 0.480 e. The first kappa shape index (κ1) is 16.0. The van der Waals surface area contributed by atoms with Gasteiger partial charge < -0.3 is 5.11 Å². The van der Waals surface area contributed by atoms with Gasteiger partial charge in [-0.2, -0.15) is 16.1 Å². The Balaban J connectivity index is 2.43. The van der Waals surface area contributed by atoms with Gasteiger partial charge in [0, 0.05) is 23.6 Å². The molecule has 8 heteroatoms. The third kappa shape index (κ3) is 3.28. The smallest absolute Gasteiger partial charge is 0.322 e. The number of sulfonamides is 1. The lowest BCUT2D eigenvalue weighted by atomic mass is 10.2. The Hall–Kier alpha value is -1.38. The molecule has 0 aliphatic carbocycles. The van der Waals surface area contributed by atoms with E-state index in [2.05, 4.69) is 0 Å². The third-order valence-corrected chi connectivity index (χ3v) is 6.14. The van der Waals surface area contributed by atoms with E-state index >= 15 is 0 Å². The first-order valence-electron chi connectivity index (χ1n) is 6.27. The molecular weight excluding hydrogens is 314 g/mol. The van der Waals surface area contributed by atoms with Crippen molar-refractivity contribution in [1.29, 1.82) is 0 Å². The van der Waals surface area contributed by atoms with Crippen molar-refractivity contribution in [3.8, 4) is 0 Å². The van der Waals surface area contributed by atoms with Gasteiger partial charge in [0.1, 0.15) is 6.04 Å². The minimum Gasteiger partial charge on any atom is -0.480 e. The van der Waals surface area contributed by atoms with Crippen LogP contribution >= 0.6 is 11.8 Å². The Morgan fingerprint density at radius 3 is 2.71 bits per heavy atom. The van der Waals surface area contributed by atoms with Crippen LogP contribution in [0.25, 0.3) is 0 Å². The molecule has 1 N–H and O–H groups in total. The van der Waals surface area contributed by atoms with Crippen LogP contribution in [0.4, 0.5) is 0 Å². The topological polar surface area (TPSA) is 91.8 Å². The van der Waals surface area contributed by atoms with E-state index < -0.39 is 22.0 Å². The maximum Gasteiger partial charge on any atom is 0.322 e. The number of carboxylic acids is 1. The van der Waals surface area contributed by atoms with Crippen molar-refractivity contribution in [3.63, 3.8) is 0 Å².